The molecule has 0 aromatic heterocycles. The van der Waals surface area contributed by atoms with E-state index in [4.69, 9.17) is 55.6 Å². The lowest BCUT2D eigenvalue weighted by atomic mass is 10.1. The first kappa shape index (κ1) is 26.5. The molecule has 1 heterocycles. The number of phenols is 1. The second-order valence-electron chi connectivity index (χ2n) is 6.44. The number of esters is 1. The van der Waals surface area contributed by atoms with Gasteiger partial charge < -0.3 is 14.3 Å². The number of hydrogen-bond acceptors (Lipinski definition) is 5. The summed E-state index contributed by atoms with van der Waals surface area (Å²) < 4.78 is 13.5. The van der Waals surface area contributed by atoms with Crippen LogP contribution in [0.4, 0.5) is 0 Å². The number of carbonyl (C=O) groups excluding carboxylic acids is 1. The zero-order chi connectivity index (χ0) is 24.4. The molecular formula is C20H4Cl4I4O5. The maximum absolute atomic E-state index is 13.2. The highest BCUT2D eigenvalue weighted by Gasteiger charge is 2.28. The standard InChI is InChI=1S/C20H4Cl4I4O5/c21-7-1-4(10(22)12(24)11(7)23)20(31)33-17-5-2-8(25)15(29)13(27)18(5)32-19-6(17)3-9(26)16(30)14(19)28/h1-3,29H. The molecule has 2 aromatic rings. The fourth-order valence-corrected chi connectivity index (χ4v) is 7.39. The number of fused-ring (bicyclic) bond motifs is 2. The molecule has 5 nitrogen and oxygen atoms in total. The predicted molar refractivity (Wildman–Crippen MR) is 163 cm³/mol. The fraction of sp³-hybridized carbons (Fsp3) is 0. The molecule has 2 aliphatic rings. The van der Waals surface area contributed by atoms with Crippen molar-refractivity contribution in [2.45, 2.75) is 0 Å². The molecule has 0 atom stereocenters. The van der Waals surface area contributed by atoms with Crippen LogP contribution < -0.4 is 10.2 Å². The molecule has 0 saturated heterocycles. The summed E-state index contributed by atoms with van der Waals surface area (Å²) in [4.78, 5) is 25.7. The van der Waals surface area contributed by atoms with Crippen molar-refractivity contribution in [3.63, 3.8) is 0 Å². The van der Waals surface area contributed by atoms with Gasteiger partial charge in [-0.25, -0.2) is 4.79 Å². The molecule has 0 bridgehead atoms. The quantitative estimate of drug-likeness (QED) is 0.0715. The third kappa shape index (κ3) is 4.66. The van der Waals surface area contributed by atoms with Gasteiger partial charge in [0.15, 0.2) is 17.1 Å². The number of benzene rings is 3. The Morgan fingerprint density at radius 1 is 0.909 bits per heavy atom. The summed E-state index contributed by atoms with van der Waals surface area (Å²) >= 11 is 32.1. The van der Waals surface area contributed by atoms with Gasteiger partial charge in [-0.15, -0.1) is 0 Å². The molecule has 0 radical (unpaired) electrons. The van der Waals surface area contributed by atoms with Crippen molar-refractivity contribution in [2.75, 3.05) is 0 Å². The molecule has 4 rings (SSSR count). The lowest BCUT2D eigenvalue weighted by molar-refractivity contribution is 0.0737. The molecule has 2 aromatic carbocycles. The van der Waals surface area contributed by atoms with Crippen LogP contribution in [0.25, 0.3) is 22.3 Å². The fourth-order valence-electron chi connectivity index (χ4n) is 2.94. The Bertz CT molecular complexity index is 1540. The van der Waals surface area contributed by atoms with Crippen LogP contribution in [0.1, 0.15) is 10.4 Å². The van der Waals surface area contributed by atoms with Crippen LogP contribution in [-0.2, 0) is 0 Å². The average Bonchev–Trinajstić information content (AvgIpc) is 2.78. The highest BCUT2D eigenvalue weighted by Crippen LogP contribution is 2.46. The van der Waals surface area contributed by atoms with Gasteiger partial charge in [-0.1, -0.05) is 46.4 Å². The van der Waals surface area contributed by atoms with Crippen molar-refractivity contribution in [1.29, 1.82) is 0 Å². The summed E-state index contributed by atoms with van der Waals surface area (Å²) in [5, 5.41) is 10.7. The number of hydrogen-bond donors (Lipinski definition) is 1. The van der Waals surface area contributed by atoms with Crippen LogP contribution in [0.2, 0.25) is 20.1 Å². The molecule has 0 unspecified atom stereocenters. The maximum Gasteiger partial charge on any atom is 0.345 e. The van der Waals surface area contributed by atoms with Gasteiger partial charge in [0.2, 0.25) is 5.43 Å². The Balaban J connectivity index is 2.05. The molecule has 1 N–H and O–H groups in total. The van der Waals surface area contributed by atoms with Crippen LogP contribution in [0.3, 0.4) is 0 Å². The number of halogens is 8. The summed E-state index contributed by atoms with van der Waals surface area (Å²) in [7, 11) is 0. The van der Waals surface area contributed by atoms with Crippen LogP contribution in [-0.4, -0.2) is 11.1 Å². The van der Waals surface area contributed by atoms with Crippen molar-refractivity contribution < 1.29 is 19.1 Å². The Kier molecular flexibility index (Phi) is 8.12. The van der Waals surface area contributed by atoms with Crippen LogP contribution in [0.5, 0.6) is 11.5 Å². The van der Waals surface area contributed by atoms with Gasteiger partial charge in [0.25, 0.3) is 0 Å². The molecule has 0 amide bonds. The van der Waals surface area contributed by atoms with Gasteiger partial charge >= 0.3 is 5.97 Å². The summed E-state index contributed by atoms with van der Waals surface area (Å²) in [5.74, 6) is -0.496. The second kappa shape index (κ2) is 10.1. The second-order valence-corrected chi connectivity index (χ2v) is 12.5. The maximum atomic E-state index is 13.2. The molecule has 0 fully saturated rings. The number of carbonyl (C=O) groups is 1. The highest BCUT2D eigenvalue weighted by molar-refractivity contribution is 14.1. The third-order valence-corrected chi connectivity index (χ3v) is 9.85. The van der Waals surface area contributed by atoms with Crippen LogP contribution in [0, 0.1) is 14.3 Å². The average molecular weight is 974 g/mol. The summed E-state index contributed by atoms with van der Waals surface area (Å²) in [6.45, 7) is 0. The number of rotatable bonds is 2. The van der Waals surface area contributed by atoms with E-state index in [1.165, 1.54) is 6.07 Å². The monoisotopic (exact) mass is 971 g/mol. The van der Waals surface area contributed by atoms with E-state index in [9.17, 15) is 14.7 Å². The zero-order valence-corrected chi connectivity index (χ0v) is 27.0. The Hall–Kier alpha value is 0.480. The van der Waals surface area contributed by atoms with Crippen molar-refractivity contribution in [1.82, 2.24) is 0 Å². The Labute approximate surface area is 260 Å². The van der Waals surface area contributed by atoms with E-state index in [2.05, 4.69) is 0 Å². The van der Waals surface area contributed by atoms with E-state index < -0.39 is 5.97 Å². The van der Waals surface area contributed by atoms with Crippen molar-refractivity contribution in [3.05, 3.63) is 68.4 Å². The molecule has 0 saturated carbocycles. The van der Waals surface area contributed by atoms with E-state index in [0.717, 1.165) is 0 Å². The molecular weight excluding hydrogens is 970 g/mol. The molecule has 0 spiro atoms. The predicted octanol–water partition coefficient (Wildman–Crippen LogP) is 8.85. The first-order chi connectivity index (χ1) is 15.4. The normalized spacial score (nSPS) is 11.4. The van der Waals surface area contributed by atoms with Crippen molar-refractivity contribution in [2.24, 2.45) is 0 Å². The van der Waals surface area contributed by atoms with E-state index in [-0.39, 0.29) is 53.9 Å². The number of phenolic OH excluding ortho intramolecular Hbond substituents is 1. The van der Waals surface area contributed by atoms with Crippen LogP contribution in [0.15, 0.2) is 27.4 Å². The van der Waals surface area contributed by atoms with Crippen molar-refractivity contribution >= 4 is 154 Å². The topological polar surface area (TPSA) is 76.7 Å². The molecule has 13 heteroatoms. The Morgan fingerprint density at radius 2 is 1.58 bits per heavy atom. The molecule has 1 aliphatic carbocycles. The van der Waals surface area contributed by atoms with Gasteiger partial charge in [0.05, 0.1) is 47.3 Å². The van der Waals surface area contributed by atoms with E-state index in [0.29, 0.717) is 25.2 Å². The first-order valence-corrected chi connectivity index (χ1v) is 14.3. The smallest absolute Gasteiger partial charge is 0.345 e. The van der Waals surface area contributed by atoms with Gasteiger partial charge in [0.1, 0.15) is 9.32 Å². The molecule has 33 heavy (non-hydrogen) atoms. The van der Waals surface area contributed by atoms with Crippen molar-refractivity contribution in [3.8, 4) is 22.8 Å². The highest BCUT2D eigenvalue weighted by atomic mass is 127. The zero-order valence-electron chi connectivity index (χ0n) is 15.3. The first-order valence-electron chi connectivity index (χ1n) is 8.44. The lowest BCUT2D eigenvalue weighted by Gasteiger charge is -2.18. The number of aromatic hydroxyl groups is 1. The Morgan fingerprint density at radius 3 is 2.24 bits per heavy atom. The summed E-state index contributed by atoms with van der Waals surface area (Å²) in [5.41, 5.74) is 0.323. The minimum absolute atomic E-state index is 0.00579. The van der Waals surface area contributed by atoms with E-state index in [1.54, 1.807) is 12.1 Å². The van der Waals surface area contributed by atoms with Gasteiger partial charge in [0, 0.05) is 0 Å². The minimum atomic E-state index is -0.844. The van der Waals surface area contributed by atoms with Crippen LogP contribution >= 0.6 is 137 Å². The third-order valence-electron chi connectivity index (χ3n) is 4.49. The largest absolute Gasteiger partial charge is 0.506 e. The summed E-state index contributed by atoms with van der Waals surface area (Å²) in [6, 6.07) is 4.45. The van der Waals surface area contributed by atoms with Gasteiger partial charge in [-0.05, 0) is 109 Å². The van der Waals surface area contributed by atoms with E-state index in [1.807, 2.05) is 90.4 Å². The molecule has 170 valence electrons. The van der Waals surface area contributed by atoms with Gasteiger partial charge in [-0.3, -0.25) is 4.79 Å². The minimum Gasteiger partial charge on any atom is -0.506 e. The number of ether oxygens (including phenoxy) is 1. The molecule has 1 aliphatic heterocycles. The van der Waals surface area contributed by atoms with Gasteiger partial charge in [-0.2, -0.15) is 0 Å². The SMILES string of the molecule is O=C(Oc1c2cc(I)c(=O)c(I)c-2oc2c(I)c(O)c(I)cc12)c1cc(Cl)c(Cl)c(Cl)c1Cl. The lowest BCUT2D eigenvalue weighted by Crippen LogP contribution is -2.15. The summed E-state index contributed by atoms with van der Waals surface area (Å²) in [6.07, 6.45) is 0. The van der Waals surface area contributed by atoms with E-state index >= 15 is 0 Å².